The molecule has 1 aliphatic carbocycles. The molecule has 0 spiro atoms. The first-order valence-electron chi connectivity index (χ1n) is 8.33. The molecule has 0 radical (unpaired) electrons. The summed E-state index contributed by atoms with van der Waals surface area (Å²) in [5.41, 5.74) is 0.0946. The van der Waals surface area contributed by atoms with Crippen molar-refractivity contribution in [2.24, 2.45) is 5.92 Å². The largest absolute Gasteiger partial charge is 0.381 e. The molecule has 0 aromatic heterocycles. The number of anilines is 1. The Kier molecular flexibility index (Phi) is 6.36. The average Bonchev–Trinajstić information content (AvgIpc) is 2.78. The van der Waals surface area contributed by atoms with E-state index in [1.165, 1.54) is 26.3 Å². The van der Waals surface area contributed by atoms with Gasteiger partial charge in [0.25, 0.3) is 15.7 Å². The molecule has 9 heteroatoms. The van der Waals surface area contributed by atoms with Gasteiger partial charge in [-0.15, -0.1) is 0 Å². The zero-order chi connectivity index (χ0) is 18.6. The van der Waals surface area contributed by atoms with E-state index in [1.807, 2.05) is 0 Å². The molecule has 0 amide bonds. The van der Waals surface area contributed by atoms with Crippen molar-refractivity contribution in [3.05, 3.63) is 28.3 Å². The lowest BCUT2D eigenvalue weighted by molar-refractivity contribution is -0.385. The van der Waals surface area contributed by atoms with Gasteiger partial charge < -0.3 is 5.32 Å². The summed E-state index contributed by atoms with van der Waals surface area (Å²) in [5.74, 6) is 0.659. The second kappa shape index (κ2) is 8.11. The van der Waals surface area contributed by atoms with Crippen LogP contribution in [0.4, 0.5) is 11.4 Å². The van der Waals surface area contributed by atoms with E-state index >= 15 is 0 Å². The van der Waals surface area contributed by atoms with Crippen molar-refractivity contribution < 1.29 is 18.2 Å². The van der Waals surface area contributed by atoms with Crippen molar-refractivity contribution in [3.63, 3.8) is 0 Å². The fraction of sp³-hybridized carbons (Fsp3) is 0.625. The Morgan fingerprint density at radius 3 is 2.64 bits per heavy atom. The molecule has 1 fully saturated rings. The predicted molar refractivity (Wildman–Crippen MR) is 94.7 cm³/mol. The zero-order valence-corrected chi connectivity index (χ0v) is 15.6. The van der Waals surface area contributed by atoms with E-state index in [4.69, 9.17) is 4.84 Å². The topological polar surface area (TPSA) is 102 Å². The van der Waals surface area contributed by atoms with Gasteiger partial charge in [-0.2, -0.15) is 0 Å². The molecule has 1 aromatic rings. The number of non-ortho nitro benzene ring substituents is 1. The minimum atomic E-state index is -4.00. The Hall–Kier alpha value is -1.71. The number of nitro groups is 1. The van der Waals surface area contributed by atoms with Crippen LogP contribution in [0.1, 0.15) is 39.0 Å². The van der Waals surface area contributed by atoms with Crippen molar-refractivity contribution in [1.29, 1.82) is 0 Å². The highest BCUT2D eigenvalue weighted by Crippen LogP contribution is 2.31. The summed E-state index contributed by atoms with van der Waals surface area (Å²) in [6, 6.07) is 4.00. The van der Waals surface area contributed by atoms with Crippen LogP contribution in [-0.2, 0) is 14.9 Å². The maximum atomic E-state index is 12.7. The van der Waals surface area contributed by atoms with E-state index in [0.29, 0.717) is 16.1 Å². The van der Waals surface area contributed by atoms with E-state index in [1.54, 1.807) is 0 Å². The highest BCUT2D eigenvalue weighted by Gasteiger charge is 2.28. The molecular weight excluding hydrogens is 346 g/mol. The molecule has 0 bridgehead atoms. The first-order valence-corrected chi connectivity index (χ1v) is 9.77. The van der Waals surface area contributed by atoms with Crippen molar-refractivity contribution >= 4 is 21.4 Å². The van der Waals surface area contributed by atoms with E-state index in [-0.39, 0.29) is 16.6 Å². The van der Waals surface area contributed by atoms with Crippen molar-refractivity contribution in [2.75, 3.05) is 19.5 Å². The van der Waals surface area contributed by atoms with Crippen LogP contribution < -0.4 is 5.32 Å². The minimum Gasteiger partial charge on any atom is -0.381 e. The predicted octanol–water partition coefficient (Wildman–Crippen LogP) is 3.16. The van der Waals surface area contributed by atoms with Gasteiger partial charge in [-0.05, 0) is 31.2 Å². The van der Waals surface area contributed by atoms with E-state index in [0.717, 1.165) is 38.2 Å². The van der Waals surface area contributed by atoms with Crippen molar-refractivity contribution in [2.45, 2.75) is 50.0 Å². The minimum absolute atomic E-state index is 0.146. The molecule has 0 aliphatic heterocycles. The van der Waals surface area contributed by atoms with E-state index in [2.05, 4.69) is 12.2 Å². The third-order valence-electron chi connectivity index (χ3n) is 4.67. The van der Waals surface area contributed by atoms with Crippen LogP contribution in [0, 0.1) is 16.0 Å². The third kappa shape index (κ3) is 4.68. The number of nitrogens with one attached hydrogen (secondary N) is 1. The molecule has 1 saturated carbocycles. The summed E-state index contributed by atoms with van der Waals surface area (Å²) < 4.78 is 26.0. The smallest absolute Gasteiger partial charge is 0.270 e. The van der Waals surface area contributed by atoms with Crippen LogP contribution in [0.3, 0.4) is 0 Å². The lowest BCUT2D eigenvalue weighted by Crippen LogP contribution is -2.28. The second-order valence-corrected chi connectivity index (χ2v) is 8.39. The second-order valence-electron chi connectivity index (χ2n) is 6.49. The lowest BCUT2D eigenvalue weighted by Gasteiger charge is -2.22. The van der Waals surface area contributed by atoms with Gasteiger partial charge >= 0.3 is 0 Å². The van der Waals surface area contributed by atoms with Gasteiger partial charge in [-0.3, -0.25) is 15.0 Å². The number of hydrogen-bond donors (Lipinski definition) is 1. The molecule has 25 heavy (non-hydrogen) atoms. The summed E-state index contributed by atoms with van der Waals surface area (Å²) >= 11 is 0. The molecular formula is C16H25N3O5S. The number of nitro benzene ring substituents is 1. The quantitative estimate of drug-likeness (QED) is 0.468. The highest BCUT2D eigenvalue weighted by molar-refractivity contribution is 7.89. The standard InChI is InChI=1S/C16H25N3O5S/c1-12-5-4-6-13(8-7-12)17-15-10-9-14(19(20)21)11-16(15)25(22,23)18(2)24-3/h9-13,17H,4-8H2,1-3H3. The van der Waals surface area contributed by atoms with Crippen LogP contribution in [0.15, 0.2) is 23.1 Å². The summed E-state index contributed by atoms with van der Waals surface area (Å²) in [6.07, 6.45) is 5.20. The van der Waals surface area contributed by atoms with Gasteiger partial charge in [0.15, 0.2) is 0 Å². The lowest BCUT2D eigenvalue weighted by atomic mass is 10.0. The van der Waals surface area contributed by atoms with E-state index in [9.17, 15) is 18.5 Å². The number of sulfonamides is 1. The van der Waals surface area contributed by atoms with Crippen molar-refractivity contribution in [3.8, 4) is 0 Å². The molecule has 2 unspecified atom stereocenters. The van der Waals surface area contributed by atoms with E-state index < -0.39 is 14.9 Å². The maximum absolute atomic E-state index is 12.7. The number of nitrogens with zero attached hydrogens (tertiary/aromatic N) is 2. The first-order chi connectivity index (χ1) is 11.8. The van der Waals surface area contributed by atoms with Gasteiger partial charge in [-0.1, -0.05) is 24.2 Å². The molecule has 8 nitrogen and oxygen atoms in total. The average molecular weight is 371 g/mol. The molecule has 140 valence electrons. The number of hydroxylamine groups is 1. The summed E-state index contributed by atoms with van der Waals surface area (Å²) in [7, 11) is -1.52. The molecule has 1 aliphatic rings. The number of hydrogen-bond acceptors (Lipinski definition) is 6. The molecule has 1 N–H and O–H groups in total. The Balaban J connectivity index is 2.38. The normalized spacial score (nSPS) is 21.8. The Bertz CT molecular complexity index is 722. The van der Waals surface area contributed by atoms with Gasteiger partial charge in [-0.25, -0.2) is 8.42 Å². The van der Waals surface area contributed by atoms with Gasteiger partial charge in [0.05, 0.1) is 17.7 Å². The van der Waals surface area contributed by atoms with Gasteiger partial charge in [0.2, 0.25) is 0 Å². The van der Waals surface area contributed by atoms with Gasteiger partial charge in [0.1, 0.15) is 4.90 Å². The Morgan fingerprint density at radius 2 is 2.00 bits per heavy atom. The van der Waals surface area contributed by atoms with Crippen LogP contribution in [0.2, 0.25) is 0 Å². The summed E-state index contributed by atoms with van der Waals surface area (Å²) in [4.78, 5) is 15.1. The van der Waals surface area contributed by atoms with Gasteiger partial charge in [0, 0.05) is 25.2 Å². The molecule has 2 rings (SSSR count). The zero-order valence-electron chi connectivity index (χ0n) is 14.8. The highest BCUT2D eigenvalue weighted by atomic mass is 32.2. The maximum Gasteiger partial charge on any atom is 0.270 e. The first kappa shape index (κ1) is 19.6. The third-order valence-corrected chi connectivity index (χ3v) is 6.39. The molecule has 2 atom stereocenters. The molecule has 0 heterocycles. The Labute approximate surface area is 148 Å². The van der Waals surface area contributed by atoms with Crippen LogP contribution >= 0.6 is 0 Å². The van der Waals surface area contributed by atoms with Crippen LogP contribution in [-0.4, -0.2) is 38.0 Å². The van der Waals surface area contributed by atoms with Crippen molar-refractivity contribution in [1.82, 2.24) is 4.47 Å². The Morgan fingerprint density at radius 1 is 1.28 bits per heavy atom. The summed E-state index contributed by atoms with van der Waals surface area (Å²) in [5, 5.41) is 14.3. The molecule has 0 saturated heterocycles. The number of rotatable bonds is 6. The molecule has 1 aromatic carbocycles. The monoisotopic (exact) mass is 371 g/mol. The fourth-order valence-corrected chi connectivity index (χ4v) is 4.19. The van der Waals surface area contributed by atoms with Crippen LogP contribution in [0.25, 0.3) is 0 Å². The SMILES string of the molecule is CON(C)S(=O)(=O)c1cc([N+](=O)[O-])ccc1NC1CCCC(C)CC1. The van der Waals surface area contributed by atoms with Crippen LogP contribution in [0.5, 0.6) is 0 Å². The fourth-order valence-electron chi connectivity index (χ4n) is 3.05. The number of benzene rings is 1. The summed E-state index contributed by atoms with van der Waals surface area (Å²) in [6.45, 7) is 2.22.